The minimum atomic E-state index is -0.813. The van der Waals surface area contributed by atoms with Gasteiger partial charge in [0.25, 0.3) is 0 Å². The summed E-state index contributed by atoms with van der Waals surface area (Å²) >= 11 is 0. The largest absolute Gasteiger partial charge is 0.462 e. The second kappa shape index (κ2) is 56.7. The normalized spacial score (nSPS) is 12.9. The van der Waals surface area contributed by atoms with Crippen molar-refractivity contribution in [1.29, 1.82) is 0 Å². The fourth-order valence-corrected chi connectivity index (χ4v) is 7.58. The zero-order valence-electron chi connectivity index (χ0n) is 44.8. The van der Waals surface area contributed by atoms with Gasteiger partial charge in [-0.25, -0.2) is 0 Å². The second-order valence-corrected chi connectivity index (χ2v) is 18.4. The van der Waals surface area contributed by atoms with E-state index in [0.717, 1.165) is 109 Å². The number of hydrogen-bond acceptors (Lipinski definition) is 6. The molecule has 6 heteroatoms. The van der Waals surface area contributed by atoms with Gasteiger partial charge in [0.15, 0.2) is 6.10 Å². The van der Waals surface area contributed by atoms with Crippen LogP contribution in [0.4, 0.5) is 0 Å². The third-order valence-electron chi connectivity index (χ3n) is 11.8. The third-order valence-corrected chi connectivity index (χ3v) is 11.8. The highest BCUT2D eigenvalue weighted by molar-refractivity contribution is 5.71. The standard InChI is InChI=1S/C63H104O6/c1-4-7-10-13-16-19-22-25-28-30-31-33-36-39-42-45-48-51-54-57-63(66)69-60(58-67-61(64)55-52-49-46-43-40-37-34-27-24-21-18-15-12-9-6-3)59-68-62(65)56-53-50-47-44-41-38-35-32-29-26-23-20-17-14-11-8-5-2/h7,9-10,12,16,18-19,21,25,27-28,31,33-34,39-40,42-43,60H,4-6,8,11,13-15,17,20,22-24,26,29-30,32,35-38,41,44-59H2,1-3H3/b10-7-,12-9-,19-16-,21-18-,28-25-,33-31-,34-27-,42-39-,43-40-/t60-/m1/s1. The third kappa shape index (κ3) is 54.9. The van der Waals surface area contributed by atoms with Gasteiger partial charge >= 0.3 is 17.9 Å². The average molecular weight is 958 g/mol. The molecule has 0 amide bonds. The van der Waals surface area contributed by atoms with E-state index in [-0.39, 0.29) is 37.5 Å². The zero-order valence-corrected chi connectivity index (χ0v) is 44.8. The predicted octanol–water partition coefficient (Wildman–Crippen LogP) is 19.1. The summed E-state index contributed by atoms with van der Waals surface area (Å²) in [5.74, 6) is -0.978. The Balaban J connectivity index is 4.50. The quantitative estimate of drug-likeness (QED) is 0.0262. The molecule has 0 aromatic heterocycles. The van der Waals surface area contributed by atoms with E-state index in [1.165, 1.54) is 89.9 Å². The molecule has 0 aromatic rings. The van der Waals surface area contributed by atoms with E-state index in [9.17, 15) is 14.4 Å². The molecule has 0 radical (unpaired) electrons. The van der Waals surface area contributed by atoms with Gasteiger partial charge in [-0.15, -0.1) is 0 Å². The molecule has 392 valence electrons. The van der Waals surface area contributed by atoms with Gasteiger partial charge in [-0.05, 0) is 103 Å². The molecule has 0 heterocycles. The van der Waals surface area contributed by atoms with E-state index in [1.807, 2.05) is 0 Å². The topological polar surface area (TPSA) is 78.9 Å². The van der Waals surface area contributed by atoms with Gasteiger partial charge < -0.3 is 14.2 Å². The van der Waals surface area contributed by atoms with Crippen LogP contribution >= 0.6 is 0 Å². The zero-order chi connectivity index (χ0) is 50.0. The van der Waals surface area contributed by atoms with Crippen molar-refractivity contribution >= 4 is 17.9 Å². The number of allylic oxidation sites excluding steroid dienone is 18. The van der Waals surface area contributed by atoms with Crippen LogP contribution in [-0.2, 0) is 28.6 Å². The van der Waals surface area contributed by atoms with Crippen molar-refractivity contribution in [3.05, 3.63) is 109 Å². The molecule has 0 unspecified atom stereocenters. The average Bonchev–Trinajstić information content (AvgIpc) is 3.35. The van der Waals surface area contributed by atoms with Crippen molar-refractivity contribution < 1.29 is 28.6 Å². The summed E-state index contributed by atoms with van der Waals surface area (Å²) in [7, 11) is 0. The molecule has 0 aliphatic carbocycles. The van der Waals surface area contributed by atoms with Crippen LogP contribution in [0.15, 0.2) is 109 Å². The monoisotopic (exact) mass is 957 g/mol. The number of rotatable bonds is 50. The first-order chi connectivity index (χ1) is 34.0. The Kier molecular flexibility index (Phi) is 53.4. The van der Waals surface area contributed by atoms with Gasteiger partial charge in [-0.1, -0.05) is 239 Å². The van der Waals surface area contributed by atoms with E-state index in [4.69, 9.17) is 14.2 Å². The lowest BCUT2D eigenvalue weighted by molar-refractivity contribution is -0.167. The van der Waals surface area contributed by atoms with Crippen molar-refractivity contribution in [3.63, 3.8) is 0 Å². The summed E-state index contributed by atoms with van der Waals surface area (Å²) in [5, 5.41) is 0. The first-order valence-corrected chi connectivity index (χ1v) is 28.4. The minimum Gasteiger partial charge on any atom is -0.462 e. The molecule has 0 spiro atoms. The van der Waals surface area contributed by atoms with Crippen molar-refractivity contribution in [2.24, 2.45) is 0 Å². The summed E-state index contributed by atoms with van der Waals surface area (Å²) in [4.78, 5) is 38.1. The lowest BCUT2D eigenvalue weighted by atomic mass is 10.0. The Morgan fingerprint density at radius 1 is 0.304 bits per heavy atom. The maximum atomic E-state index is 12.8. The second-order valence-electron chi connectivity index (χ2n) is 18.4. The van der Waals surface area contributed by atoms with Crippen LogP contribution in [-0.4, -0.2) is 37.2 Å². The van der Waals surface area contributed by atoms with E-state index in [0.29, 0.717) is 25.7 Å². The highest BCUT2D eigenvalue weighted by Gasteiger charge is 2.19. The molecule has 6 nitrogen and oxygen atoms in total. The maximum absolute atomic E-state index is 12.8. The molecule has 69 heavy (non-hydrogen) atoms. The Labute approximate surface area is 425 Å². The van der Waals surface area contributed by atoms with E-state index in [1.54, 1.807) is 0 Å². The fraction of sp³-hybridized carbons (Fsp3) is 0.667. The van der Waals surface area contributed by atoms with Crippen LogP contribution in [0.1, 0.15) is 252 Å². The number of hydrogen-bond donors (Lipinski definition) is 0. The Morgan fingerprint density at radius 2 is 0.565 bits per heavy atom. The maximum Gasteiger partial charge on any atom is 0.306 e. The summed E-state index contributed by atoms with van der Waals surface area (Å²) in [6.45, 7) is 6.36. The van der Waals surface area contributed by atoms with E-state index < -0.39 is 6.10 Å². The number of carbonyl (C=O) groups excluding carboxylic acids is 3. The van der Waals surface area contributed by atoms with Gasteiger partial charge in [-0.2, -0.15) is 0 Å². The van der Waals surface area contributed by atoms with Crippen LogP contribution in [0.3, 0.4) is 0 Å². The van der Waals surface area contributed by atoms with Gasteiger partial charge in [0, 0.05) is 19.3 Å². The van der Waals surface area contributed by atoms with Crippen molar-refractivity contribution in [2.45, 2.75) is 258 Å². The number of ether oxygens (including phenoxy) is 3. The Morgan fingerprint density at radius 3 is 0.913 bits per heavy atom. The molecule has 0 bridgehead atoms. The molecule has 0 saturated heterocycles. The lowest BCUT2D eigenvalue weighted by Gasteiger charge is -2.18. The molecule has 0 aliphatic rings. The summed E-state index contributed by atoms with van der Waals surface area (Å²) < 4.78 is 16.8. The molecule has 0 fully saturated rings. The number of unbranched alkanes of at least 4 members (excludes halogenated alkanes) is 21. The number of carbonyl (C=O) groups is 3. The van der Waals surface area contributed by atoms with Gasteiger partial charge in [0.05, 0.1) is 0 Å². The summed E-state index contributed by atoms with van der Waals surface area (Å²) in [6.07, 6.45) is 76.5. The highest BCUT2D eigenvalue weighted by atomic mass is 16.6. The highest BCUT2D eigenvalue weighted by Crippen LogP contribution is 2.15. The fourth-order valence-electron chi connectivity index (χ4n) is 7.58. The molecule has 0 saturated carbocycles. The van der Waals surface area contributed by atoms with E-state index >= 15 is 0 Å². The van der Waals surface area contributed by atoms with Crippen molar-refractivity contribution in [2.75, 3.05) is 13.2 Å². The molecule has 1 atom stereocenters. The molecule has 0 N–H and O–H groups in total. The first kappa shape index (κ1) is 65.1. The van der Waals surface area contributed by atoms with Crippen LogP contribution < -0.4 is 0 Å². The van der Waals surface area contributed by atoms with Gasteiger partial charge in [0.2, 0.25) is 0 Å². The van der Waals surface area contributed by atoms with Crippen molar-refractivity contribution in [1.82, 2.24) is 0 Å². The van der Waals surface area contributed by atoms with Gasteiger partial charge in [0.1, 0.15) is 13.2 Å². The van der Waals surface area contributed by atoms with Crippen LogP contribution in [0.5, 0.6) is 0 Å². The molecule has 0 aliphatic heterocycles. The van der Waals surface area contributed by atoms with Crippen LogP contribution in [0.2, 0.25) is 0 Å². The Hall–Kier alpha value is -3.93. The van der Waals surface area contributed by atoms with Crippen LogP contribution in [0.25, 0.3) is 0 Å². The van der Waals surface area contributed by atoms with E-state index in [2.05, 4.69) is 130 Å². The molecule has 0 aromatic carbocycles. The van der Waals surface area contributed by atoms with Gasteiger partial charge in [-0.3, -0.25) is 14.4 Å². The molecular formula is C63H104O6. The first-order valence-electron chi connectivity index (χ1n) is 28.4. The Bertz CT molecular complexity index is 1420. The minimum absolute atomic E-state index is 0.104. The SMILES string of the molecule is CC/C=C\C/C=C\C/C=C\C/C=C\C/C=C\CCCCCC(=O)O[C@H](COC(=O)CCCC/C=C\C/C=C\C/C=C\C/C=C\CC)COC(=O)CCCCCCCCCCCCCCCCCCC. The van der Waals surface area contributed by atoms with Crippen molar-refractivity contribution in [3.8, 4) is 0 Å². The summed E-state index contributed by atoms with van der Waals surface area (Å²) in [5.41, 5.74) is 0. The number of esters is 3. The van der Waals surface area contributed by atoms with Crippen LogP contribution in [0, 0.1) is 0 Å². The summed E-state index contributed by atoms with van der Waals surface area (Å²) in [6, 6.07) is 0. The smallest absolute Gasteiger partial charge is 0.306 e. The lowest BCUT2D eigenvalue weighted by Crippen LogP contribution is -2.30. The molecular weight excluding hydrogens is 853 g/mol. The predicted molar refractivity (Wildman–Crippen MR) is 297 cm³/mol. The molecule has 0 rings (SSSR count).